The van der Waals surface area contributed by atoms with E-state index in [9.17, 15) is 8.42 Å². The molecule has 1 aromatic heterocycles. The van der Waals surface area contributed by atoms with Crippen molar-refractivity contribution in [1.29, 1.82) is 0 Å². The molecule has 0 saturated carbocycles. The van der Waals surface area contributed by atoms with Crippen LogP contribution in [0.25, 0.3) is 0 Å². The van der Waals surface area contributed by atoms with Crippen LogP contribution in [0.4, 0.5) is 0 Å². The first-order chi connectivity index (χ1) is 9.47. The van der Waals surface area contributed by atoms with E-state index in [0.29, 0.717) is 5.69 Å². The van der Waals surface area contributed by atoms with E-state index in [2.05, 4.69) is 9.71 Å². The lowest BCUT2D eigenvalue weighted by molar-refractivity contribution is 0.556. The molecule has 0 fully saturated rings. The van der Waals surface area contributed by atoms with Crippen LogP contribution in [0.3, 0.4) is 0 Å². The highest BCUT2D eigenvalue weighted by atomic mass is 35.5. The molecule has 3 rings (SSSR count). The molecule has 0 spiro atoms. The minimum absolute atomic E-state index is 0.170. The van der Waals surface area contributed by atoms with Crippen molar-refractivity contribution in [1.82, 2.24) is 9.71 Å². The average Bonchev–Trinajstić information content (AvgIpc) is 2.94. The minimum atomic E-state index is -3.57. The van der Waals surface area contributed by atoms with Crippen LogP contribution in [0.15, 0.2) is 28.5 Å². The van der Waals surface area contributed by atoms with E-state index in [1.807, 2.05) is 24.3 Å². The Balaban J connectivity index is 1.90. The molecule has 1 atom stereocenters. The second-order valence-corrected chi connectivity index (χ2v) is 8.24. The van der Waals surface area contributed by atoms with E-state index >= 15 is 0 Å². The van der Waals surface area contributed by atoms with Gasteiger partial charge in [-0.25, -0.2) is 18.1 Å². The van der Waals surface area contributed by atoms with Crippen molar-refractivity contribution in [3.63, 3.8) is 0 Å². The second-order valence-electron chi connectivity index (χ2n) is 4.75. The molecule has 0 saturated heterocycles. The Kier molecular flexibility index (Phi) is 3.58. The molecule has 20 heavy (non-hydrogen) atoms. The third kappa shape index (κ3) is 2.48. The molecule has 4 nitrogen and oxygen atoms in total. The highest BCUT2D eigenvalue weighted by Crippen LogP contribution is 2.33. The zero-order valence-electron chi connectivity index (χ0n) is 10.8. The van der Waals surface area contributed by atoms with Crippen LogP contribution in [0, 0.1) is 6.92 Å². The number of hydrogen-bond donors (Lipinski definition) is 1. The largest absolute Gasteiger partial charge is 0.252 e. The number of halogens is 1. The van der Waals surface area contributed by atoms with Gasteiger partial charge in [-0.05, 0) is 30.9 Å². The standard InChI is InChI=1S/C13H13ClN2O2S2/c1-8-12(19-13(14)15-8)20(17,18)16-11-7-6-9-4-2-3-5-10(9)11/h2-5,11,16H,6-7H2,1H3. The molecular formula is C13H13ClN2O2S2. The molecule has 106 valence electrons. The lowest BCUT2D eigenvalue weighted by atomic mass is 10.1. The maximum absolute atomic E-state index is 12.4. The van der Waals surface area contributed by atoms with Gasteiger partial charge in [0.25, 0.3) is 10.0 Å². The van der Waals surface area contributed by atoms with E-state index in [1.165, 1.54) is 5.56 Å². The lowest BCUT2D eigenvalue weighted by Gasteiger charge is -2.13. The number of hydrogen-bond acceptors (Lipinski definition) is 4. The van der Waals surface area contributed by atoms with Gasteiger partial charge in [0.15, 0.2) is 8.68 Å². The zero-order valence-corrected chi connectivity index (χ0v) is 13.1. The van der Waals surface area contributed by atoms with Crippen LogP contribution in [-0.2, 0) is 16.4 Å². The van der Waals surface area contributed by atoms with Gasteiger partial charge >= 0.3 is 0 Å². The normalized spacial score (nSPS) is 18.2. The fourth-order valence-corrected chi connectivity index (χ4v) is 5.53. The van der Waals surface area contributed by atoms with E-state index in [-0.39, 0.29) is 14.7 Å². The summed E-state index contributed by atoms with van der Waals surface area (Å²) in [4.78, 5) is 3.96. The lowest BCUT2D eigenvalue weighted by Crippen LogP contribution is -2.27. The van der Waals surface area contributed by atoms with Crippen LogP contribution in [-0.4, -0.2) is 13.4 Å². The molecule has 0 radical (unpaired) electrons. The maximum atomic E-state index is 12.4. The number of nitrogens with zero attached hydrogens (tertiary/aromatic N) is 1. The summed E-state index contributed by atoms with van der Waals surface area (Å²) in [5.74, 6) is 0. The Morgan fingerprint density at radius 3 is 2.85 bits per heavy atom. The molecule has 0 aliphatic heterocycles. The summed E-state index contributed by atoms with van der Waals surface area (Å²) < 4.78 is 28.1. The highest BCUT2D eigenvalue weighted by molar-refractivity contribution is 7.91. The topological polar surface area (TPSA) is 59.1 Å². The van der Waals surface area contributed by atoms with E-state index in [1.54, 1.807) is 6.92 Å². The van der Waals surface area contributed by atoms with Gasteiger partial charge < -0.3 is 0 Å². The Hall–Kier alpha value is -0.950. The van der Waals surface area contributed by atoms with E-state index in [4.69, 9.17) is 11.6 Å². The highest BCUT2D eigenvalue weighted by Gasteiger charge is 2.29. The van der Waals surface area contributed by atoms with Crippen LogP contribution >= 0.6 is 22.9 Å². The first-order valence-electron chi connectivity index (χ1n) is 6.20. The smallest absolute Gasteiger partial charge is 0.229 e. The number of thiazole rings is 1. The first-order valence-corrected chi connectivity index (χ1v) is 8.88. The van der Waals surface area contributed by atoms with Crippen LogP contribution in [0.1, 0.15) is 29.3 Å². The molecular weight excluding hydrogens is 316 g/mol. The summed E-state index contributed by atoms with van der Waals surface area (Å²) in [5.41, 5.74) is 2.71. The molecule has 7 heteroatoms. The van der Waals surface area contributed by atoms with Crippen molar-refractivity contribution in [3.8, 4) is 0 Å². The summed E-state index contributed by atoms with van der Waals surface area (Å²) in [6.45, 7) is 1.65. The average molecular weight is 329 g/mol. The van der Waals surface area contributed by atoms with Gasteiger partial charge in [0.1, 0.15) is 0 Å². The first kappa shape index (κ1) is 14.0. The Labute approximate surface area is 126 Å². The van der Waals surface area contributed by atoms with Gasteiger partial charge in [0, 0.05) is 6.04 Å². The van der Waals surface area contributed by atoms with Crippen molar-refractivity contribution in [2.24, 2.45) is 0 Å². The molecule has 2 aromatic rings. The third-order valence-corrected chi connectivity index (χ3v) is 6.75. The van der Waals surface area contributed by atoms with Crippen molar-refractivity contribution in [2.45, 2.75) is 30.0 Å². The van der Waals surface area contributed by atoms with Crippen molar-refractivity contribution in [2.75, 3.05) is 0 Å². The number of nitrogens with one attached hydrogen (secondary N) is 1. The predicted octanol–water partition coefficient (Wildman–Crippen LogP) is 3.07. The molecule has 1 aliphatic carbocycles. The van der Waals surface area contributed by atoms with Crippen molar-refractivity contribution >= 4 is 33.0 Å². The molecule has 1 heterocycles. The van der Waals surface area contributed by atoms with Crippen LogP contribution in [0.2, 0.25) is 4.47 Å². The molecule has 1 unspecified atom stereocenters. The van der Waals surface area contributed by atoms with Crippen molar-refractivity contribution in [3.05, 3.63) is 45.6 Å². The monoisotopic (exact) mass is 328 g/mol. The number of aryl methyl sites for hydroxylation is 2. The summed E-state index contributed by atoms with van der Waals surface area (Å²) in [5, 5.41) is 0. The maximum Gasteiger partial charge on any atom is 0.252 e. The van der Waals surface area contributed by atoms with Gasteiger partial charge in [0.2, 0.25) is 0 Å². The van der Waals surface area contributed by atoms with E-state index in [0.717, 1.165) is 29.7 Å². The zero-order chi connectivity index (χ0) is 14.3. The molecule has 1 aromatic carbocycles. The van der Waals surface area contributed by atoms with Gasteiger partial charge in [-0.1, -0.05) is 47.2 Å². The minimum Gasteiger partial charge on any atom is -0.229 e. The Morgan fingerprint density at radius 1 is 1.40 bits per heavy atom. The van der Waals surface area contributed by atoms with Crippen molar-refractivity contribution < 1.29 is 8.42 Å². The predicted molar refractivity (Wildman–Crippen MR) is 79.7 cm³/mol. The fourth-order valence-electron chi connectivity index (χ4n) is 2.52. The third-order valence-electron chi connectivity index (χ3n) is 3.40. The van der Waals surface area contributed by atoms with Gasteiger partial charge in [0.05, 0.1) is 5.69 Å². The number of fused-ring (bicyclic) bond motifs is 1. The summed E-state index contributed by atoms with van der Waals surface area (Å²) in [6.07, 6.45) is 1.68. The Bertz CT molecular complexity index is 755. The van der Waals surface area contributed by atoms with Gasteiger partial charge in [-0.15, -0.1) is 0 Å². The quantitative estimate of drug-likeness (QED) is 0.942. The molecule has 0 bridgehead atoms. The fraction of sp³-hybridized carbons (Fsp3) is 0.308. The molecule has 1 aliphatic rings. The summed E-state index contributed by atoms with van der Waals surface area (Å²) in [7, 11) is -3.57. The van der Waals surface area contributed by atoms with Gasteiger partial charge in [-0.2, -0.15) is 0 Å². The summed E-state index contributed by atoms with van der Waals surface area (Å²) in [6, 6.07) is 7.75. The number of benzene rings is 1. The SMILES string of the molecule is Cc1nc(Cl)sc1S(=O)(=O)NC1CCc2ccccc21. The van der Waals surface area contributed by atoms with Crippen LogP contribution in [0.5, 0.6) is 0 Å². The van der Waals surface area contributed by atoms with Crippen LogP contribution < -0.4 is 4.72 Å². The number of rotatable bonds is 3. The Morgan fingerprint density at radius 2 is 2.15 bits per heavy atom. The number of aromatic nitrogens is 1. The second kappa shape index (κ2) is 5.11. The summed E-state index contributed by atoms with van der Waals surface area (Å²) >= 11 is 6.77. The molecule has 0 amide bonds. The van der Waals surface area contributed by atoms with Gasteiger partial charge in [-0.3, -0.25) is 0 Å². The van der Waals surface area contributed by atoms with E-state index < -0.39 is 10.0 Å². The molecule has 1 N–H and O–H groups in total. The number of sulfonamides is 1.